The van der Waals surface area contributed by atoms with Gasteiger partial charge in [0, 0.05) is 5.57 Å². The Morgan fingerprint density at radius 2 is 2.11 bits per heavy atom. The lowest BCUT2D eigenvalue weighted by Crippen LogP contribution is -2.48. The lowest BCUT2D eigenvalue weighted by Gasteiger charge is -2.06. The van der Waals surface area contributed by atoms with Gasteiger partial charge in [0.05, 0.1) is 0 Å². The van der Waals surface area contributed by atoms with Crippen molar-refractivity contribution in [2.75, 3.05) is 0 Å². The highest BCUT2D eigenvalue weighted by Gasteiger charge is 2.01. The summed E-state index contributed by atoms with van der Waals surface area (Å²) in [6.45, 7) is 4.97. The Labute approximate surface area is 53.9 Å². The molecule has 0 unspecified atom stereocenters. The second-order valence-electron chi connectivity index (χ2n) is 1.78. The van der Waals surface area contributed by atoms with Gasteiger partial charge in [0.15, 0.2) is 0 Å². The van der Waals surface area contributed by atoms with E-state index in [1.54, 1.807) is 6.92 Å². The number of rotatable bonds is 2. The van der Waals surface area contributed by atoms with Crippen molar-refractivity contribution in [2.24, 2.45) is 11.5 Å². The third-order valence-corrected chi connectivity index (χ3v) is 0.685. The maximum Gasteiger partial charge on any atom is 0.248 e. The molecule has 0 rings (SSSR count). The highest BCUT2D eigenvalue weighted by Crippen LogP contribution is 1.83. The van der Waals surface area contributed by atoms with Crippen molar-refractivity contribution in [1.82, 2.24) is 5.32 Å². The van der Waals surface area contributed by atoms with Crippen molar-refractivity contribution >= 4 is 5.91 Å². The van der Waals surface area contributed by atoms with E-state index in [1.165, 1.54) is 0 Å². The van der Waals surface area contributed by atoms with Gasteiger partial charge >= 0.3 is 0 Å². The maximum absolute atomic E-state index is 10.6. The first-order valence-corrected chi connectivity index (χ1v) is 2.51. The molecule has 0 fully saturated rings. The van der Waals surface area contributed by atoms with Gasteiger partial charge in [-0.1, -0.05) is 6.58 Å². The minimum absolute atomic E-state index is 0.315. The monoisotopic (exact) mass is 129 g/mol. The Bertz CT molecular complexity index is 130. The van der Waals surface area contributed by atoms with Crippen LogP contribution in [-0.2, 0) is 4.79 Å². The van der Waals surface area contributed by atoms with Crippen molar-refractivity contribution in [2.45, 2.75) is 13.2 Å². The molecule has 4 heteroatoms. The molecule has 0 saturated carbocycles. The van der Waals surface area contributed by atoms with Crippen LogP contribution in [-0.4, -0.2) is 12.2 Å². The molecule has 0 atom stereocenters. The molecular formula is C5H11N3O. The molecule has 0 bridgehead atoms. The van der Waals surface area contributed by atoms with Crippen LogP contribution in [0.15, 0.2) is 12.2 Å². The first-order chi connectivity index (χ1) is 4.04. The van der Waals surface area contributed by atoms with Gasteiger partial charge < -0.3 is 5.32 Å². The number of nitrogens with one attached hydrogen (secondary N) is 1. The van der Waals surface area contributed by atoms with E-state index < -0.39 is 6.29 Å². The number of hydrogen-bond donors (Lipinski definition) is 3. The highest BCUT2D eigenvalue weighted by atomic mass is 16.1. The van der Waals surface area contributed by atoms with Crippen molar-refractivity contribution in [1.29, 1.82) is 0 Å². The molecular weight excluding hydrogens is 118 g/mol. The Balaban J connectivity index is 3.65. The van der Waals surface area contributed by atoms with Gasteiger partial charge in [0.1, 0.15) is 6.29 Å². The summed E-state index contributed by atoms with van der Waals surface area (Å²) >= 11 is 0. The molecule has 52 valence electrons. The average molecular weight is 129 g/mol. The third-order valence-electron chi connectivity index (χ3n) is 0.685. The fourth-order valence-corrected chi connectivity index (χ4v) is 0.275. The molecule has 0 spiro atoms. The molecule has 0 aromatic heterocycles. The standard InChI is InChI=1S/C5H11N3O/c1-3(2)4(9)8-5(6)7/h5H,1,6-7H2,2H3,(H,8,9). The summed E-state index contributed by atoms with van der Waals surface area (Å²) in [6.07, 6.45) is -0.797. The van der Waals surface area contributed by atoms with Gasteiger partial charge in [0.25, 0.3) is 0 Å². The van der Waals surface area contributed by atoms with Crippen molar-refractivity contribution < 1.29 is 4.79 Å². The number of carbonyl (C=O) groups excluding carboxylic acids is 1. The molecule has 0 aliphatic heterocycles. The molecule has 0 aromatic carbocycles. The van der Waals surface area contributed by atoms with E-state index in [0.717, 1.165) is 0 Å². The molecule has 1 amide bonds. The molecule has 4 nitrogen and oxygen atoms in total. The predicted molar refractivity (Wildman–Crippen MR) is 35.1 cm³/mol. The maximum atomic E-state index is 10.6. The Kier molecular flexibility index (Phi) is 2.90. The van der Waals surface area contributed by atoms with Gasteiger partial charge in [-0.05, 0) is 6.92 Å². The van der Waals surface area contributed by atoms with Crippen LogP contribution in [0.25, 0.3) is 0 Å². The van der Waals surface area contributed by atoms with Crippen LogP contribution in [0.5, 0.6) is 0 Å². The summed E-state index contributed by atoms with van der Waals surface area (Å²) in [5.74, 6) is -0.315. The SMILES string of the molecule is C=C(C)C(=O)NC(N)N. The molecule has 0 radical (unpaired) electrons. The predicted octanol–water partition coefficient (Wildman–Crippen LogP) is -1.12. The zero-order chi connectivity index (χ0) is 7.44. The molecule has 0 aliphatic rings. The molecule has 0 aromatic rings. The van der Waals surface area contributed by atoms with E-state index in [0.29, 0.717) is 5.57 Å². The van der Waals surface area contributed by atoms with E-state index in [9.17, 15) is 4.79 Å². The molecule has 9 heavy (non-hydrogen) atoms. The van der Waals surface area contributed by atoms with Crippen LogP contribution in [0.1, 0.15) is 6.92 Å². The average Bonchev–Trinajstić information content (AvgIpc) is 1.63. The first kappa shape index (κ1) is 8.13. The molecule has 5 N–H and O–H groups in total. The normalized spacial score (nSPS) is 9.33. The third kappa shape index (κ3) is 3.69. The Morgan fingerprint density at radius 1 is 1.67 bits per heavy atom. The topological polar surface area (TPSA) is 81.1 Å². The summed E-state index contributed by atoms with van der Waals surface area (Å²) in [6, 6.07) is 0. The minimum atomic E-state index is -0.797. The molecule has 0 saturated heterocycles. The molecule has 0 heterocycles. The second kappa shape index (κ2) is 3.21. The minimum Gasteiger partial charge on any atom is -0.325 e. The largest absolute Gasteiger partial charge is 0.325 e. The zero-order valence-electron chi connectivity index (χ0n) is 5.35. The van der Waals surface area contributed by atoms with Crippen LogP contribution >= 0.6 is 0 Å². The zero-order valence-corrected chi connectivity index (χ0v) is 5.35. The van der Waals surface area contributed by atoms with E-state index in [2.05, 4.69) is 11.9 Å². The summed E-state index contributed by atoms with van der Waals surface area (Å²) in [5.41, 5.74) is 10.5. The lowest BCUT2D eigenvalue weighted by molar-refractivity contribution is -0.118. The van der Waals surface area contributed by atoms with Gasteiger partial charge in [-0.15, -0.1) is 0 Å². The van der Waals surface area contributed by atoms with Crippen LogP contribution in [0, 0.1) is 0 Å². The second-order valence-corrected chi connectivity index (χ2v) is 1.78. The van der Waals surface area contributed by atoms with Crippen molar-refractivity contribution in [3.63, 3.8) is 0 Å². The van der Waals surface area contributed by atoms with Gasteiger partial charge in [-0.2, -0.15) is 0 Å². The summed E-state index contributed by atoms with van der Waals surface area (Å²) in [5, 5.41) is 2.26. The fraction of sp³-hybridized carbons (Fsp3) is 0.400. The number of hydrogen-bond acceptors (Lipinski definition) is 3. The highest BCUT2D eigenvalue weighted by molar-refractivity contribution is 5.92. The van der Waals surface area contributed by atoms with Gasteiger partial charge in [0.2, 0.25) is 5.91 Å². The Hall–Kier alpha value is -0.870. The van der Waals surface area contributed by atoms with Gasteiger partial charge in [-0.25, -0.2) is 0 Å². The first-order valence-electron chi connectivity index (χ1n) is 2.51. The number of carbonyl (C=O) groups is 1. The summed E-state index contributed by atoms with van der Waals surface area (Å²) < 4.78 is 0. The quantitative estimate of drug-likeness (QED) is 0.326. The summed E-state index contributed by atoms with van der Waals surface area (Å²) in [7, 11) is 0. The Morgan fingerprint density at radius 3 is 2.22 bits per heavy atom. The summed E-state index contributed by atoms with van der Waals surface area (Å²) in [4.78, 5) is 10.6. The van der Waals surface area contributed by atoms with Gasteiger partial charge in [-0.3, -0.25) is 16.3 Å². The van der Waals surface area contributed by atoms with Crippen LogP contribution < -0.4 is 16.8 Å². The van der Waals surface area contributed by atoms with E-state index in [-0.39, 0.29) is 5.91 Å². The number of nitrogens with two attached hydrogens (primary N) is 2. The van der Waals surface area contributed by atoms with Crippen molar-refractivity contribution in [3.8, 4) is 0 Å². The fourth-order valence-electron chi connectivity index (χ4n) is 0.275. The van der Waals surface area contributed by atoms with E-state index in [1.807, 2.05) is 0 Å². The van der Waals surface area contributed by atoms with Crippen molar-refractivity contribution in [3.05, 3.63) is 12.2 Å². The lowest BCUT2D eigenvalue weighted by atomic mass is 10.3. The van der Waals surface area contributed by atoms with E-state index >= 15 is 0 Å². The van der Waals surface area contributed by atoms with Crippen LogP contribution in [0.4, 0.5) is 0 Å². The smallest absolute Gasteiger partial charge is 0.248 e. The number of amides is 1. The van der Waals surface area contributed by atoms with Crippen LogP contribution in [0.3, 0.4) is 0 Å². The van der Waals surface area contributed by atoms with E-state index in [4.69, 9.17) is 11.5 Å². The molecule has 0 aliphatic carbocycles. The van der Waals surface area contributed by atoms with Crippen LogP contribution in [0.2, 0.25) is 0 Å².